The van der Waals surface area contributed by atoms with Crippen molar-refractivity contribution in [3.05, 3.63) is 29.3 Å². The monoisotopic (exact) mass is 302 g/mol. The molecule has 0 radical (unpaired) electrons. The predicted octanol–water partition coefficient (Wildman–Crippen LogP) is 4.24. The Bertz CT molecular complexity index is 390. The number of hydrogen-bond donors (Lipinski definition) is 1. The number of rotatable bonds is 6. The van der Waals surface area contributed by atoms with Crippen LogP contribution in [0.5, 0.6) is 0 Å². The van der Waals surface area contributed by atoms with Crippen molar-refractivity contribution < 1.29 is 9.84 Å². The van der Waals surface area contributed by atoms with Gasteiger partial charge in [0.2, 0.25) is 0 Å². The van der Waals surface area contributed by atoms with E-state index in [-0.39, 0.29) is 11.5 Å². The normalized spacial score (nSPS) is 15.3. The SMILES string of the molecule is CCOC(C(O)CSc1ccccc1Cl)C(C)(C)C. The van der Waals surface area contributed by atoms with Gasteiger partial charge < -0.3 is 9.84 Å². The second-order valence-corrected chi connectivity index (χ2v) is 7.02. The summed E-state index contributed by atoms with van der Waals surface area (Å²) in [6.45, 7) is 8.80. The third-order valence-corrected chi connectivity index (χ3v) is 4.41. The van der Waals surface area contributed by atoms with E-state index in [4.69, 9.17) is 16.3 Å². The molecule has 0 saturated carbocycles. The van der Waals surface area contributed by atoms with Gasteiger partial charge in [-0.15, -0.1) is 11.8 Å². The molecule has 1 aromatic carbocycles. The van der Waals surface area contributed by atoms with E-state index in [1.807, 2.05) is 31.2 Å². The third-order valence-electron chi connectivity index (χ3n) is 2.80. The summed E-state index contributed by atoms with van der Waals surface area (Å²) >= 11 is 7.67. The maximum absolute atomic E-state index is 10.3. The molecule has 2 unspecified atom stereocenters. The number of aliphatic hydroxyl groups is 1. The highest BCUT2D eigenvalue weighted by Crippen LogP contribution is 2.31. The fourth-order valence-corrected chi connectivity index (χ4v) is 3.15. The Hall–Kier alpha value is -0.220. The molecular weight excluding hydrogens is 280 g/mol. The van der Waals surface area contributed by atoms with E-state index >= 15 is 0 Å². The van der Waals surface area contributed by atoms with E-state index in [0.29, 0.717) is 12.4 Å². The van der Waals surface area contributed by atoms with Gasteiger partial charge in [-0.3, -0.25) is 0 Å². The van der Waals surface area contributed by atoms with E-state index in [0.717, 1.165) is 9.92 Å². The van der Waals surface area contributed by atoms with Crippen LogP contribution in [0.4, 0.5) is 0 Å². The van der Waals surface area contributed by atoms with Gasteiger partial charge >= 0.3 is 0 Å². The van der Waals surface area contributed by atoms with Crippen molar-refractivity contribution in [1.29, 1.82) is 0 Å². The maximum atomic E-state index is 10.3. The van der Waals surface area contributed by atoms with Gasteiger partial charge in [-0.25, -0.2) is 0 Å². The van der Waals surface area contributed by atoms with E-state index < -0.39 is 6.10 Å². The Kier molecular flexibility index (Phi) is 6.67. The van der Waals surface area contributed by atoms with Gasteiger partial charge in [0.25, 0.3) is 0 Å². The summed E-state index contributed by atoms with van der Waals surface area (Å²) in [6, 6.07) is 7.68. The van der Waals surface area contributed by atoms with Crippen molar-refractivity contribution in [1.82, 2.24) is 0 Å². The van der Waals surface area contributed by atoms with Gasteiger partial charge in [-0.1, -0.05) is 44.5 Å². The zero-order valence-corrected chi connectivity index (χ0v) is 13.6. The topological polar surface area (TPSA) is 29.5 Å². The zero-order valence-electron chi connectivity index (χ0n) is 12.0. The summed E-state index contributed by atoms with van der Waals surface area (Å²) < 4.78 is 5.69. The lowest BCUT2D eigenvalue weighted by molar-refractivity contribution is -0.0792. The second kappa shape index (κ2) is 7.53. The molecule has 0 fully saturated rings. The lowest BCUT2D eigenvalue weighted by Gasteiger charge is -2.34. The Morgan fingerprint density at radius 1 is 1.32 bits per heavy atom. The number of halogens is 1. The Labute approximate surface area is 125 Å². The summed E-state index contributed by atoms with van der Waals surface area (Å²) in [7, 11) is 0. The minimum atomic E-state index is -0.513. The summed E-state index contributed by atoms with van der Waals surface area (Å²) in [5.41, 5.74) is -0.0868. The Morgan fingerprint density at radius 3 is 2.47 bits per heavy atom. The van der Waals surface area contributed by atoms with Crippen LogP contribution in [0.1, 0.15) is 27.7 Å². The molecule has 0 aliphatic heterocycles. The standard InChI is InChI=1S/C15H23ClO2S/c1-5-18-14(15(2,3)4)12(17)10-19-13-9-7-6-8-11(13)16/h6-9,12,14,17H,5,10H2,1-4H3. The third kappa shape index (κ3) is 5.35. The highest BCUT2D eigenvalue weighted by Gasteiger charge is 2.31. The van der Waals surface area contributed by atoms with Crippen LogP contribution in [0.3, 0.4) is 0 Å². The van der Waals surface area contributed by atoms with Gasteiger partial charge in [-0.2, -0.15) is 0 Å². The molecule has 4 heteroatoms. The maximum Gasteiger partial charge on any atom is 0.0900 e. The van der Waals surface area contributed by atoms with Crippen LogP contribution in [0.2, 0.25) is 5.02 Å². The molecular formula is C15H23ClO2S. The van der Waals surface area contributed by atoms with Crippen LogP contribution < -0.4 is 0 Å². The lowest BCUT2D eigenvalue weighted by atomic mass is 9.86. The molecule has 1 N–H and O–H groups in total. The van der Waals surface area contributed by atoms with Gasteiger partial charge in [0.15, 0.2) is 0 Å². The molecule has 0 aliphatic carbocycles. The number of hydrogen-bond acceptors (Lipinski definition) is 3. The minimum absolute atomic E-state index is 0.0868. The first-order valence-electron chi connectivity index (χ1n) is 6.53. The number of aliphatic hydroxyl groups excluding tert-OH is 1. The molecule has 0 aromatic heterocycles. The van der Waals surface area contributed by atoms with Gasteiger partial charge in [0.1, 0.15) is 0 Å². The van der Waals surface area contributed by atoms with Crippen LogP contribution in [0, 0.1) is 5.41 Å². The molecule has 19 heavy (non-hydrogen) atoms. The molecule has 1 aromatic rings. The number of benzene rings is 1. The quantitative estimate of drug-likeness (QED) is 0.797. The molecule has 1 rings (SSSR count). The van der Waals surface area contributed by atoms with Crippen LogP contribution in [0.25, 0.3) is 0 Å². The summed E-state index contributed by atoms with van der Waals surface area (Å²) in [5, 5.41) is 11.1. The van der Waals surface area contributed by atoms with Crippen LogP contribution in [0.15, 0.2) is 29.2 Å². The molecule has 2 atom stereocenters. The first-order chi connectivity index (χ1) is 8.86. The van der Waals surface area contributed by atoms with Crippen molar-refractivity contribution in [3.63, 3.8) is 0 Å². The fraction of sp³-hybridized carbons (Fsp3) is 0.600. The van der Waals surface area contributed by atoms with Gasteiger partial charge in [0.05, 0.1) is 17.2 Å². The zero-order chi connectivity index (χ0) is 14.5. The van der Waals surface area contributed by atoms with Crippen LogP contribution in [-0.4, -0.2) is 29.7 Å². The molecule has 0 spiro atoms. The minimum Gasteiger partial charge on any atom is -0.390 e. The van der Waals surface area contributed by atoms with E-state index in [2.05, 4.69) is 20.8 Å². The number of ether oxygens (including phenoxy) is 1. The van der Waals surface area contributed by atoms with Crippen molar-refractivity contribution in [2.75, 3.05) is 12.4 Å². The van der Waals surface area contributed by atoms with E-state index in [1.165, 1.54) is 0 Å². The van der Waals surface area contributed by atoms with Gasteiger partial charge in [0, 0.05) is 17.3 Å². The van der Waals surface area contributed by atoms with E-state index in [1.54, 1.807) is 11.8 Å². The molecule has 2 nitrogen and oxygen atoms in total. The Balaban J connectivity index is 2.63. The molecule has 0 aliphatic rings. The highest BCUT2D eigenvalue weighted by atomic mass is 35.5. The number of thioether (sulfide) groups is 1. The van der Waals surface area contributed by atoms with Crippen molar-refractivity contribution in [2.24, 2.45) is 5.41 Å². The predicted molar refractivity (Wildman–Crippen MR) is 83.1 cm³/mol. The van der Waals surface area contributed by atoms with E-state index in [9.17, 15) is 5.11 Å². The molecule has 0 amide bonds. The smallest absolute Gasteiger partial charge is 0.0900 e. The average molecular weight is 303 g/mol. The summed E-state index contributed by atoms with van der Waals surface area (Å²) in [6.07, 6.45) is -0.686. The van der Waals surface area contributed by atoms with Gasteiger partial charge in [-0.05, 0) is 24.5 Å². The van der Waals surface area contributed by atoms with Crippen LogP contribution in [-0.2, 0) is 4.74 Å². The summed E-state index contributed by atoms with van der Waals surface area (Å²) in [5.74, 6) is 0.575. The van der Waals surface area contributed by atoms with Crippen molar-refractivity contribution in [2.45, 2.75) is 44.8 Å². The van der Waals surface area contributed by atoms with Crippen LogP contribution >= 0.6 is 23.4 Å². The molecule has 0 saturated heterocycles. The average Bonchev–Trinajstić information content (AvgIpc) is 2.33. The van der Waals surface area contributed by atoms with Crippen molar-refractivity contribution >= 4 is 23.4 Å². The Morgan fingerprint density at radius 2 is 1.95 bits per heavy atom. The second-order valence-electron chi connectivity index (χ2n) is 5.55. The first-order valence-corrected chi connectivity index (χ1v) is 7.89. The van der Waals surface area contributed by atoms with Crippen molar-refractivity contribution in [3.8, 4) is 0 Å². The molecule has 108 valence electrons. The lowest BCUT2D eigenvalue weighted by Crippen LogP contribution is -2.41. The molecule has 0 bridgehead atoms. The highest BCUT2D eigenvalue weighted by molar-refractivity contribution is 7.99. The summed E-state index contributed by atoms with van der Waals surface area (Å²) in [4.78, 5) is 0.993. The largest absolute Gasteiger partial charge is 0.390 e. The molecule has 0 heterocycles. The first kappa shape index (κ1) is 16.8. The fourth-order valence-electron chi connectivity index (χ4n) is 1.94.